The molecule has 20 heavy (non-hydrogen) atoms. The van der Waals surface area contributed by atoms with Crippen molar-refractivity contribution in [2.24, 2.45) is 0 Å². The Morgan fingerprint density at radius 3 is 2.25 bits per heavy atom. The minimum atomic E-state index is -1.14. The van der Waals surface area contributed by atoms with Crippen molar-refractivity contribution >= 4 is 23.3 Å². The van der Waals surface area contributed by atoms with Gasteiger partial charge >= 0.3 is 11.9 Å². The number of hydrogen-bond donors (Lipinski definition) is 3. The zero-order chi connectivity index (χ0) is 14.5. The third-order valence-corrected chi connectivity index (χ3v) is 2.79. The summed E-state index contributed by atoms with van der Waals surface area (Å²) < 4.78 is 0. The fourth-order valence-corrected chi connectivity index (χ4v) is 1.92. The average molecular weight is 271 g/mol. The Morgan fingerprint density at radius 1 is 0.950 bits per heavy atom. The maximum Gasteiger partial charge on any atom is 0.336 e. The summed E-state index contributed by atoms with van der Waals surface area (Å²) >= 11 is 0. The molecule has 3 N–H and O–H groups in total. The first-order valence-corrected chi connectivity index (χ1v) is 5.97. The topological polar surface area (TPSA) is 86.6 Å². The molecule has 0 fully saturated rings. The Morgan fingerprint density at radius 2 is 1.65 bits per heavy atom. The summed E-state index contributed by atoms with van der Waals surface area (Å²) in [7, 11) is 0. The zero-order valence-corrected chi connectivity index (χ0v) is 10.5. The number of benzene rings is 2. The van der Waals surface area contributed by atoms with Crippen molar-refractivity contribution in [2.45, 2.75) is 6.42 Å². The van der Waals surface area contributed by atoms with Crippen LogP contribution in [0.5, 0.6) is 0 Å². The largest absolute Gasteiger partial charge is 0.481 e. The molecular weight excluding hydrogens is 258 g/mol. The molecule has 0 aliphatic carbocycles. The highest BCUT2D eigenvalue weighted by molar-refractivity contribution is 5.93. The highest BCUT2D eigenvalue weighted by Gasteiger charge is 2.16. The molecule has 2 rings (SSSR count). The quantitative estimate of drug-likeness (QED) is 0.778. The summed E-state index contributed by atoms with van der Waals surface area (Å²) in [4.78, 5) is 22.1. The minimum Gasteiger partial charge on any atom is -0.481 e. The number of carbonyl (C=O) groups is 2. The molecule has 0 aliphatic rings. The van der Waals surface area contributed by atoms with Crippen LogP contribution < -0.4 is 5.32 Å². The SMILES string of the molecule is O=C(O)Cc1c(Nc2ccccc2)cccc1C(=O)O. The summed E-state index contributed by atoms with van der Waals surface area (Å²) in [5.41, 5.74) is 1.50. The molecule has 0 spiro atoms. The molecule has 0 heterocycles. The number of anilines is 2. The minimum absolute atomic E-state index is 0.00617. The van der Waals surface area contributed by atoms with Gasteiger partial charge in [0, 0.05) is 16.9 Å². The second-order valence-corrected chi connectivity index (χ2v) is 4.20. The third-order valence-electron chi connectivity index (χ3n) is 2.79. The Bertz CT molecular complexity index is 638. The van der Waals surface area contributed by atoms with E-state index in [4.69, 9.17) is 10.2 Å². The van der Waals surface area contributed by atoms with E-state index in [1.165, 1.54) is 6.07 Å². The van der Waals surface area contributed by atoms with Crippen LogP contribution >= 0.6 is 0 Å². The summed E-state index contributed by atoms with van der Waals surface area (Å²) in [6, 6.07) is 13.8. The van der Waals surface area contributed by atoms with Crippen molar-refractivity contribution in [3.63, 3.8) is 0 Å². The van der Waals surface area contributed by atoms with Gasteiger partial charge in [-0.05, 0) is 24.3 Å². The molecule has 2 aromatic rings. The zero-order valence-electron chi connectivity index (χ0n) is 10.5. The second kappa shape index (κ2) is 5.88. The van der Waals surface area contributed by atoms with E-state index < -0.39 is 11.9 Å². The predicted molar refractivity (Wildman–Crippen MR) is 74.5 cm³/mol. The Kier molecular flexibility index (Phi) is 4.00. The molecule has 5 heteroatoms. The van der Waals surface area contributed by atoms with Crippen molar-refractivity contribution in [1.82, 2.24) is 0 Å². The number of carboxylic acids is 2. The summed E-state index contributed by atoms with van der Waals surface area (Å²) in [6.07, 6.45) is -0.350. The van der Waals surface area contributed by atoms with E-state index in [0.29, 0.717) is 5.69 Å². The molecule has 0 bridgehead atoms. The molecule has 0 amide bonds. The van der Waals surface area contributed by atoms with Crippen LogP contribution in [-0.4, -0.2) is 22.2 Å². The van der Waals surface area contributed by atoms with Gasteiger partial charge in [0.05, 0.1) is 12.0 Å². The molecule has 0 aromatic heterocycles. The molecular formula is C15H13NO4. The molecule has 0 atom stereocenters. The smallest absolute Gasteiger partial charge is 0.336 e. The van der Waals surface area contributed by atoms with Gasteiger partial charge in [-0.1, -0.05) is 24.3 Å². The molecule has 2 aromatic carbocycles. The van der Waals surface area contributed by atoms with Crippen molar-refractivity contribution < 1.29 is 19.8 Å². The average Bonchev–Trinajstić information content (AvgIpc) is 2.41. The number of para-hydroxylation sites is 1. The molecule has 102 valence electrons. The van der Waals surface area contributed by atoms with Gasteiger partial charge in [-0.2, -0.15) is 0 Å². The first kappa shape index (κ1) is 13.6. The van der Waals surface area contributed by atoms with Crippen LogP contribution in [0.15, 0.2) is 48.5 Å². The highest BCUT2D eigenvalue weighted by atomic mass is 16.4. The molecule has 5 nitrogen and oxygen atoms in total. The van der Waals surface area contributed by atoms with Gasteiger partial charge < -0.3 is 15.5 Å². The lowest BCUT2D eigenvalue weighted by atomic mass is 10.0. The molecule has 0 saturated heterocycles. The fourth-order valence-electron chi connectivity index (χ4n) is 1.92. The molecule has 0 radical (unpaired) electrons. The van der Waals surface area contributed by atoms with Gasteiger partial charge in [-0.15, -0.1) is 0 Å². The Balaban J connectivity index is 2.43. The lowest BCUT2D eigenvalue weighted by Crippen LogP contribution is -2.10. The van der Waals surface area contributed by atoms with Crippen LogP contribution in [-0.2, 0) is 11.2 Å². The van der Waals surface area contributed by atoms with E-state index in [0.717, 1.165) is 5.69 Å². The Labute approximate surface area is 115 Å². The van der Waals surface area contributed by atoms with Crippen molar-refractivity contribution in [2.75, 3.05) is 5.32 Å². The number of rotatable bonds is 5. The maximum absolute atomic E-state index is 11.2. The van der Waals surface area contributed by atoms with Gasteiger partial charge in [-0.25, -0.2) is 4.79 Å². The number of hydrogen-bond acceptors (Lipinski definition) is 3. The fraction of sp³-hybridized carbons (Fsp3) is 0.0667. The van der Waals surface area contributed by atoms with Crippen molar-refractivity contribution in [3.8, 4) is 0 Å². The number of carboxylic acid groups (broad SMARTS) is 2. The normalized spacial score (nSPS) is 10.0. The molecule has 0 saturated carbocycles. The van der Waals surface area contributed by atoms with Crippen LogP contribution in [0.2, 0.25) is 0 Å². The van der Waals surface area contributed by atoms with Crippen LogP contribution in [0, 0.1) is 0 Å². The van der Waals surface area contributed by atoms with Crippen molar-refractivity contribution in [3.05, 3.63) is 59.7 Å². The molecule has 0 unspecified atom stereocenters. The monoisotopic (exact) mass is 271 g/mol. The Hall–Kier alpha value is -2.82. The summed E-state index contributed by atoms with van der Waals surface area (Å²) in [5, 5.41) is 21.1. The van der Waals surface area contributed by atoms with Gasteiger partial charge in [0.1, 0.15) is 0 Å². The van der Waals surface area contributed by atoms with E-state index in [-0.39, 0.29) is 17.5 Å². The number of aliphatic carboxylic acids is 1. The van der Waals surface area contributed by atoms with Crippen LogP contribution in [0.3, 0.4) is 0 Å². The third kappa shape index (κ3) is 3.14. The standard InChI is InChI=1S/C15H13NO4/c17-14(18)9-12-11(15(19)20)7-4-8-13(12)16-10-5-2-1-3-6-10/h1-8,16H,9H2,(H,17,18)(H,19,20). The van der Waals surface area contributed by atoms with Crippen LogP contribution in [0.1, 0.15) is 15.9 Å². The second-order valence-electron chi connectivity index (χ2n) is 4.20. The lowest BCUT2D eigenvalue weighted by molar-refractivity contribution is -0.136. The van der Waals surface area contributed by atoms with Gasteiger partial charge in [0.15, 0.2) is 0 Å². The molecule has 0 aliphatic heterocycles. The highest BCUT2D eigenvalue weighted by Crippen LogP contribution is 2.24. The van der Waals surface area contributed by atoms with E-state index in [1.54, 1.807) is 12.1 Å². The van der Waals surface area contributed by atoms with Gasteiger partial charge in [0.2, 0.25) is 0 Å². The maximum atomic E-state index is 11.2. The number of aromatic carboxylic acids is 1. The van der Waals surface area contributed by atoms with Crippen molar-refractivity contribution in [1.29, 1.82) is 0 Å². The van der Waals surface area contributed by atoms with Crippen LogP contribution in [0.25, 0.3) is 0 Å². The number of nitrogens with one attached hydrogen (secondary N) is 1. The van der Waals surface area contributed by atoms with E-state index >= 15 is 0 Å². The predicted octanol–water partition coefficient (Wildman–Crippen LogP) is 2.76. The van der Waals surface area contributed by atoms with Gasteiger partial charge in [-0.3, -0.25) is 4.79 Å². The van der Waals surface area contributed by atoms with Gasteiger partial charge in [0.25, 0.3) is 0 Å². The first-order valence-electron chi connectivity index (χ1n) is 5.97. The van der Waals surface area contributed by atoms with E-state index in [1.807, 2.05) is 30.3 Å². The first-order chi connectivity index (χ1) is 9.58. The van der Waals surface area contributed by atoms with Crippen LogP contribution in [0.4, 0.5) is 11.4 Å². The summed E-state index contributed by atoms with van der Waals surface area (Å²) in [5.74, 6) is -2.22. The van der Waals surface area contributed by atoms with E-state index in [2.05, 4.69) is 5.32 Å². The van der Waals surface area contributed by atoms with E-state index in [9.17, 15) is 9.59 Å². The summed E-state index contributed by atoms with van der Waals surface area (Å²) in [6.45, 7) is 0. The lowest BCUT2D eigenvalue weighted by Gasteiger charge is -2.13.